The Balaban J connectivity index is 1.61. The third-order valence-electron chi connectivity index (χ3n) is 6.64. The van der Waals surface area contributed by atoms with Gasteiger partial charge >= 0.3 is 0 Å². The molecule has 36 heavy (non-hydrogen) atoms. The first-order chi connectivity index (χ1) is 17.4. The Labute approximate surface area is 218 Å². The average molecular weight is 563 g/mol. The molecular weight excluding hydrogens is 543 g/mol. The lowest BCUT2D eigenvalue weighted by Crippen LogP contribution is -2.38. The van der Waals surface area contributed by atoms with Gasteiger partial charge in [-0.3, -0.25) is 9.36 Å². The first-order valence-electron chi connectivity index (χ1n) is 11.4. The monoisotopic (exact) mass is 562 g/mol. The highest BCUT2D eigenvalue weighted by Gasteiger charge is 2.32. The van der Waals surface area contributed by atoms with Gasteiger partial charge in [0.25, 0.3) is 5.56 Å². The zero-order chi connectivity index (χ0) is 25.0. The predicted octanol–water partition coefficient (Wildman–Crippen LogP) is 4.93. The number of thiazole rings is 1. The van der Waals surface area contributed by atoms with E-state index in [1.807, 2.05) is 12.1 Å². The minimum atomic E-state index is -0.370. The van der Waals surface area contributed by atoms with Gasteiger partial charge in [0.15, 0.2) is 16.3 Å². The maximum absolute atomic E-state index is 13.8. The molecule has 1 aromatic heterocycles. The number of rotatable bonds is 3. The molecular formula is C28H20BrFN2O3S. The van der Waals surface area contributed by atoms with Crippen LogP contribution in [0.4, 0.5) is 4.39 Å². The number of benzene rings is 3. The number of allylic oxidation sites excluding steroid dienone is 1. The third kappa shape index (κ3) is 3.72. The minimum absolute atomic E-state index is 0.00522. The molecule has 1 unspecified atom stereocenters. The Morgan fingerprint density at radius 2 is 1.94 bits per heavy atom. The predicted molar refractivity (Wildman–Crippen MR) is 142 cm³/mol. The lowest BCUT2D eigenvalue weighted by atomic mass is 9.83. The molecule has 5 nitrogen and oxygen atoms in total. The van der Waals surface area contributed by atoms with Crippen LogP contribution in [0.1, 0.15) is 34.7 Å². The highest BCUT2D eigenvalue weighted by Crippen LogP contribution is 2.41. The van der Waals surface area contributed by atoms with Crippen LogP contribution in [-0.2, 0) is 6.42 Å². The van der Waals surface area contributed by atoms with E-state index in [-0.39, 0.29) is 23.2 Å². The van der Waals surface area contributed by atoms with E-state index in [1.54, 1.807) is 34.9 Å². The molecule has 8 heteroatoms. The van der Waals surface area contributed by atoms with Crippen molar-refractivity contribution in [2.24, 2.45) is 4.99 Å². The number of phenols is 1. The summed E-state index contributed by atoms with van der Waals surface area (Å²) in [4.78, 5) is 19.4. The Hall–Kier alpha value is -3.49. The molecule has 2 aliphatic rings. The van der Waals surface area contributed by atoms with Crippen LogP contribution in [0, 0.1) is 5.82 Å². The summed E-state index contributed by atoms with van der Waals surface area (Å²) in [6.07, 6.45) is 3.39. The van der Waals surface area contributed by atoms with E-state index in [0.717, 1.165) is 35.2 Å². The molecule has 1 aliphatic heterocycles. The molecule has 2 heterocycles. The van der Waals surface area contributed by atoms with Gasteiger partial charge in [-0.25, -0.2) is 9.38 Å². The van der Waals surface area contributed by atoms with Gasteiger partial charge in [0.1, 0.15) is 5.82 Å². The third-order valence-corrected chi connectivity index (χ3v) is 8.31. The van der Waals surface area contributed by atoms with Crippen molar-refractivity contribution in [3.8, 4) is 11.5 Å². The standard InChI is InChI=1S/C28H20BrFN2O3S/c1-35-23-12-17(21(29)14-22(23)33)13-24-27(34)32-26(16-6-9-18(30)10-7-16)20-11-8-15-4-2-3-5-19(15)25(20)31-28(32)36-24/h2-7,9-10,12-14,26,33H,8,11H2,1H3. The second-order valence-corrected chi connectivity index (χ2v) is 10.6. The van der Waals surface area contributed by atoms with Crippen LogP contribution in [0.15, 0.2) is 80.5 Å². The second-order valence-electron chi connectivity index (χ2n) is 8.71. The summed E-state index contributed by atoms with van der Waals surface area (Å²) in [5.74, 6) is -0.000371. The quantitative estimate of drug-likeness (QED) is 0.385. The number of hydrogen-bond acceptors (Lipinski definition) is 5. The van der Waals surface area contributed by atoms with Gasteiger partial charge in [-0.05, 0) is 65.4 Å². The van der Waals surface area contributed by atoms with Gasteiger partial charge in [0, 0.05) is 10.0 Å². The minimum Gasteiger partial charge on any atom is -0.504 e. The highest BCUT2D eigenvalue weighted by molar-refractivity contribution is 9.10. The van der Waals surface area contributed by atoms with Gasteiger partial charge in [0.05, 0.1) is 23.4 Å². The average Bonchev–Trinajstić information content (AvgIpc) is 3.19. The number of methoxy groups -OCH3 is 1. The normalized spacial score (nSPS) is 16.8. The Bertz CT molecular complexity index is 1740. The Morgan fingerprint density at radius 1 is 1.17 bits per heavy atom. The number of aryl methyl sites for hydroxylation is 1. The number of hydrogen-bond donors (Lipinski definition) is 1. The van der Waals surface area contributed by atoms with Crippen LogP contribution in [0.5, 0.6) is 11.5 Å². The van der Waals surface area contributed by atoms with Crippen molar-refractivity contribution < 1.29 is 14.2 Å². The smallest absolute Gasteiger partial charge is 0.271 e. The van der Waals surface area contributed by atoms with Gasteiger partial charge in [-0.15, -0.1) is 0 Å². The maximum atomic E-state index is 13.8. The van der Waals surface area contributed by atoms with Crippen molar-refractivity contribution in [1.29, 1.82) is 0 Å². The number of phenolic OH excluding ortho intramolecular Hbond substituents is 1. The molecule has 0 amide bonds. The van der Waals surface area contributed by atoms with Crippen molar-refractivity contribution in [1.82, 2.24) is 4.57 Å². The van der Waals surface area contributed by atoms with Crippen LogP contribution in [0.2, 0.25) is 0 Å². The zero-order valence-corrected chi connectivity index (χ0v) is 21.6. The van der Waals surface area contributed by atoms with Crippen LogP contribution in [0.3, 0.4) is 0 Å². The molecule has 0 spiro atoms. The van der Waals surface area contributed by atoms with Crippen molar-refractivity contribution in [2.45, 2.75) is 18.9 Å². The Kier molecular flexibility index (Phi) is 5.65. The largest absolute Gasteiger partial charge is 0.504 e. The van der Waals surface area contributed by atoms with Crippen molar-refractivity contribution in [3.63, 3.8) is 0 Å². The lowest BCUT2D eigenvalue weighted by Gasteiger charge is -2.30. The maximum Gasteiger partial charge on any atom is 0.271 e. The molecule has 0 saturated carbocycles. The number of aromatic hydroxyl groups is 1. The van der Waals surface area contributed by atoms with Crippen LogP contribution in [0.25, 0.3) is 11.8 Å². The van der Waals surface area contributed by atoms with E-state index in [4.69, 9.17) is 9.73 Å². The first-order valence-corrected chi connectivity index (χ1v) is 13.0. The van der Waals surface area contributed by atoms with E-state index in [0.29, 0.717) is 25.1 Å². The van der Waals surface area contributed by atoms with Gasteiger partial charge in [-0.1, -0.05) is 63.7 Å². The molecule has 1 N–H and O–H groups in total. The zero-order valence-electron chi connectivity index (χ0n) is 19.2. The van der Waals surface area contributed by atoms with Crippen molar-refractivity contribution >= 4 is 39.0 Å². The fraction of sp³-hybridized carbons (Fsp3) is 0.143. The number of ether oxygens (including phenoxy) is 1. The van der Waals surface area contributed by atoms with Crippen LogP contribution in [-0.4, -0.2) is 16.8 Å². The van der Waals surface area contributed by atoms with Crippen molar-refractivity contribution in [2.75, 3.05) is 7.11 Å². The van der Waals surface area contributed by atoms with Gasteiger partial charge < -0.3 is 9.84 Å². The fourth-order valence-corrected chi connectivity index (χ4v) is 6.38. The number of halogens is 2. The summed E-state index contributed by atoms with van der Waals surface area (Å²) in [7, 11) is 1.48. The molecule has 0 radical (unpaired) electrons. The van der Waals surface area contributed by atoms with E-state index in [9.17, 15) is 14.3 Å². The van der Waals surface area contributed by atoms with E-state index < -0.39 is 0 Å². The summed E-state index contributed by atoms with van der Waals surface area (Å²) < 4.78 is 21.9. The fourth-order valence-electron chi connectivity index (χ4n) is 4.94. The number of nitrogens with zero attached hydrogens (tertiary/aromatic N) is 2. The number of fused-ring (bicyclic) bond motifs is 3. The molecule has 4 aromatic rings. The summed E-state index contributed by atoms with van der Waals surface area (Å²) in [5.41, 5.74) is 5.64. The van der Waals surface area contributed by atoms with E-state index in [2.05, 4.69) is 28.1 Å². The van der Waals surface area contributed by atoms with Gasteiger partial charge in [0.2, 0.25) is 0 Å². The van der Waals surface area contributed by atoms with Crippen molar-refractivity contribution in [3.05, 3.63) is 118 Å². The molecule has 1 atom stereocenters. The SMILES string of the molecule is COc1cc(C=c2sc3n(c2=O)C(c2ccc(F)cc2)C2=C(N=3)c3ccccc3CC2)c(Br)cc1O. The van der Waals surface area contributed by atoms with Crippen LogP contribution >= 0.6 is 27.3 Å². The second kappa shape index (κ2) is 8.87. The molecule has 0 fully saturated rings. The summed E-state index contributed by atoms with van der Waals surface area (Å²) in [6.45, 7) is 0. The number of aromatic nitrogens is 1. The summed E-state index contributed by atoms with van der Waals surface area (Å²) in [6, 6.07) is 17.4. The highest BCUT2D eigenvalue weighted by atomic mass is 79.9. The van der Waals surface area contributed by atoms with E-state index in [1.165, 1.54) is 36.1 Å². The van der Waals surface area contributed by atoms with E-state index >= 15 is 0 Å². The molecule has 0 bridgehead atoms. The summed E-state index contributed by atoms with van der Waals surface area (Å²) >= 11 is 4.78. The van der Waals surface area contributed by atoms with Gasteiger partial charge in [-0.2, -0.15) is 0 Å². The molecule has 6 rings (SSSR count). The summed E-state index contributed by atoms with van der Waals surface area (Å²) in [5, 5.41) is 10.1. The lowest BCUT2D eigenvalue weighted by molar-refractivity contribution is 0.373. The first kappa shape index (κ1) is 22.9. The molecule has 0 saturated heterocycles. The van der Waals surface area contributed by atoms with Crippen LogP contribution < -0.4 is 19.6 Å². The molecule has 180 valence electrons. The molecule has 1 aliphatic carbocycles. The molecule has 3 aromatic carbocycles. The Morgan fingerprint density at radius 3 is 2.72 bits per heavy atom. The topological polar surface area (TPSA) is 63.8 Å².